The van der Waals surface area contributed by atoms with Crippen molar-refractivity contribution < 1.29 is 9.53 Å². The highest BCUT2D eigenvalue weighted by molar-refractivity contribution is 6.06. The molecule has 2 aromatic heterocycles. The Kier molecular flexibility index (Phi) is 4.16. The van der Waals surface area contributed by atoms with Crippen molar-refractivity contribution in [3.63, 3.8) is 0 Å². The van der Waals surface area contributed by atoms with Gasteiger partial charge in [-0.3, -0.25) is 9.78 Å². The minimum Gasteiger partial charge on any atom is -0.497 e. The van der Waals surface area contributed by atoms with E-state index >= 15 is 0 Å². The first-order chi connectivity index (χ1) is 12.7. The predicted octanol–water partition coefficient (Wildman–Crippen LogP) is 1.63. The van der Waals surface area contributed by atoms with Gasteiger partial charge in [-0.05, 0) is 25.1 Å². The Morgan fingerprint density at radius 2 is 2.00 bits per heavy atom. The summed E-state index contributed by atoms with van der Waals surface area (Å²) in [6.07, 6.45) is 1.49. The van der Waals surface area contributed by atoms with Gasteiger partial charge in [0.25, 0.3) is 5.91 Å². The molecule has 1 aliphatic heterocycles. The van der Waals surface area contributed by atoms with Crippen molar-refractivity contribution in [1.82, 2.24) is 25.1 Å². The van der Waals surface area contributed by atoms with E-state index in [1.165, 1.54) is 6.33 Å². The first kappa shape index (κ1) is 16.3. The number of aromatic nitrogens is 4. The molecule has 3 heterocycles. The molecule has 8 nitrogen and oxygen atoms in total. The SMILES string of the molecule is COc1ccc2c(C(=O)N3CCN(c4ncn[nH]4)CC3)cc(C)nc2c1. The maximum absolute atomic E-state index is 13.1. The van der Waals surface area contributed by atoms with Gasteiger partial charge in [0, 0.05) is 43.3 Å². The fourth-order valence-corrected chi connectivity index (χ4v) is 3.29. The zero-order chi connectivity index (χ0) is 18.1. The fourth-order valence-electron chi connectivity index (χ4n) is 3.29. The van der Waals surface area contributed by atoms with Crippen LogP contribution in [0.2, 0.25) is 0 Å². The number of hydrogen-bond donors (Lipinski definition) is 1. The summed E-state index contributed by atoms with van der Waals surface area (Å²) < 4.78 is 5.27. The Bertz CT molecular complexity index is 932. The molecule has 1 fully saturated rings. The van der Waals surface area contributed by atoms with E-state index < -0.39 is 0 Å². The summed E-state index contributed by atoms with van der Waals surface area (Å²) in [6, 6.07) is 7.48. The lowest BCUT2D eigenvalue weighted by Gasteiger charge is -2.34. The molecule has 1 aromatic carbocycles. The van der Waals surface area contributed by atoms with Gasteiger partial charge < -0.3 is 14.5 Å². The molecule has 1 saturated heterocycles. The van der Waals surface area contributed by atoms with E-state index in [4.69, 9.17) is 4.74 Å². The lowest BCUT2D eigenvalue weighted by Crippen LogP contribution is -2.49. The molecule has 1 aliphatic rings. The third kappa shape index (κ3) is 2.94. The van der Waals surface area contributed by atoms with Crippen LogP contribution in [-0.2, 0) is 0 Å². The number of anilines is 1. The number of carbonyl (C=O) groups is 1. The third-order valence-corrected chi connectivity index (χ3v) is 4.64. The highest BCUT2D eigenvalue weighted by Gasteiger charge is 2.25. The first-order valence-electron chi connectivity index (χ1n) is 8.50. The Balaban J connectivity index is 1.58. The highest BCUT2D eigenvalue weighted by atomic mass is 16.5. The van der Waals surface area contributed by atoms with E-state index in [0.29, 0.717) is 18.7 Å². The largest absolute Gasteiger partial charge is 0.497 e. The lowest BCUT2D eigenvalue weighted by atomic mass is 10.1. The summed E-state index contributed by atoms with van der Waals surface area (Å²) >= 11 is 0. The van der Waals surface area contributed by atoms with Gasteiger partial charge in [-0.15, -0.1) is 0 Å². The number of aryl methyl sites for hydroxylation is 1. The van der Waals surface area contributed by atoms with Crippen molar-refractivity contribution in [1.29, 1.82) is 0 Å². The smallest absolute Gasteiger partial charge is 0.254 e. The lowest BCUT2D eigenvalue weighted by molar-refractivity contribution is 0.0748. The number of nitrogens with one attached hydrogen (secondary N) is 1. The molecule has 1 N–H and O–H groups in total. The number of rotatable bonds is 3. The molecule has 0 aliphatic carbocycles. The van der Waals surface area contributed by atoms with Gasteiger partial charge >= 0.3 is 0 Å². The summed E-state index contributed by atoms with van der Waals surface area (Å²) in [6.45, 7) is 4.61. The van der Waals surface area contributed by atoms with E-state index in [-0.39, 0.29) is 5.91 Å². The van der Waals surface area contributed by atoms with Crippen molar-refractivity contribution in [3.05, 3.63) is 41.9 Å². The topological polar surface area (TPSA) is 87.2 Å². The van der Waals surface area contributed by atoms with Crippen LogP contribution in [0.3, 0.4) is 0 Å². The molecule has 8 heteroatoms. The van der Waals surface area contributed by atoms with Crippen LogP contribution in [0.15, 0.2) is 30.6 Å². The molecular weight excluding hydrogens is 332 g/mol. The van der Waals surface area contributed by atoms with E-state index in [2.05, 4.69) is 25.1 Å². The molecule has 26 heavy (non-hydrogen) atoms. The average molecular weight is 352 g/mol. The van der Waals surface area contributed by atoms with Crippen LogP contribution in [0.4, 0.5) is 5.95 Å². The minimum absolute atomic E-state index is 0.0305. The van der Waals surface area contributed by atoms with Crippen LogP contribution >= 0.6 is 0 Å². The Labute approximate surface area is 150 Å². The Hall–Kier alpha value is -3.16. The molecule has 3 aromatic rings. The number of aromatic amines is 1. The molecule has 0 spiro atoms. The van der Waals surface area contributed by atoms with Gasteiger partial charge in [-0.1, -0.05) is 0 Å². The molecule has 0 unspecified atom stereocenters. The van der Waals surface area contributed by atoms with Gasteiger partial charge in [0.15, 0.2) is 0 Å². The number of methoxy groups -OCH3 is 1. The Morgan fingerprint density at radius 3 is 2.69 bits per heavy atom. The quantitative estimate of drug-likeness (QED) is 0.771. The number of piperazine rings is 1. The molecule has 134 valence electrons. The number of benzene rings is 1. The Morgan fingerprint density at radius 1 is 1.19 bits per heavy atom. The number of H-pyrrole nitrogens is 1. The summed E-state index contributed by atoms with van der Waals surface area (Å²) in [5.74, 6) is 1.51. The van der Waals surface area contributed by atoms with Gasteiger partial charge in [-0.25, -0.2) is 5.10 Å². The highest BCUT2D eigenvalue weighted by Crippen LogP contribution is 2.25. The standard InChI is InChI=1S/C18H20N6O2/c1-12-9-15(14-4-3-13(26-2)10-16(14)21-12)17(25)23-5-7-24(8-6-23)18-19-11-20-22-18/h3-4,9-11H,5-8H2,1-2H3,(H,19,20,22). The van der Waals surface area contributed by atoms with Crippen molar-refractivity contribution in [2.75, 3.05) is 38.2 Å². The van der Waals surface area contributed by atoms with Crippen LogP contribution < -0.4 is 9.64 Å². The molecule has 0 bridgehead atoms. The maximum atomic E-state index is 13.1. The van der Waals surface area contributed by atoms with Gasteiger partial charge in [0.2, 0.25) is 5.95 Å². The molecule has 0 atom stereocenters. The number of nitrogens with zero attached hydrogens (tertiary/aromatic N) is 5. The van der Waals surface area contributed by atoms with Gasteiger partial charge in [-0.2, -0.15) is 10.1 Å². The van der Waals surface area contributed by atoms with E-state index in [9.17, 15) is 4.79 Å². The second-order valence-corrected chi connectivity index (χ2v) is 6.28. The second kappa shape index (κ2) is 6.62. The van der Waals surface area contributed by atoms with E-state index in [1.54, 1.807) is 7.11 Å². The van der Waals surface area contributed by atoms with Gasteiger partial charge in [0.1, 0.15) is 12.1 Å². The zero-order valence-corrected chi connectivity index (χ0v) is 14.8. The summed E-state index contributed by atoms with van der Waals surface area (Å²) in [5.41, 5.74) is 2.27. The van der Waals surface area contributed by atoms with Crippen LogP contribution in [-0.4, -0.2) is 64.3 Å². The number of hydrogen-bond acceptors (Lipinski definition) is 6. The number of pyridine rings is 1. The second-order valence-electron chi connectivity index (χ2n) is 6.28. The van der Waals surface area contributed by atoms with Crippen LogP contribution in [0.1, 0.15) is 16.1 Å². The van der Waals surface area contributed by atoms with Crippen molar-refractivity contribution in [2.24, 2.45) is 0 Å². The van der Waals surface area contributed by atoms with Crippen molar-refractivity contribution in [3.8, 4) is 5.75 Å². The third-order valence-electron chi connectivity index (χ3n) is 4.64. The molecule has 0 saturated carbocycles. The molecule has 1 amide bonds. The fraction of sp³-hybridized carbons (Fsp3) is 0.333. The minimum atomic E-state index is 0.0305. The first-order valence-corrected chi connectivity index (χ1v) is 8.50. The average Bonchev–Trinajstić information content (AvgIpc) is 3.21. The summed E-state index contributed by atoms with van der Waals surface area (Å²) in [5, 5.41) is 7.59. The molecule has 4 rings (SSSR count). The van der Waals surface area contributed by atoms with Gasteiger partial charge in [0.05, 0.1) is 18.2 Å². The van der Waals surface area contributed by atoms with E-state index in [1.807, 2.05) is 36.1 Å². The van der Waals surface area contributed by atoms with Crippen LogP contribution in [0.5, 0.6) is 5.75 Å². The van der Waals surface area contributed by atoms with E-state index in [0.717, 1.165) is 41.4 Å². The summed E-state index contributed by atoms with van der Waals surface area (Å²) in [7, 11) is 1.62. The number of fused-ring (bicyclic) bond motifs is 1. The van der Waals surface area contributed by atoms with Crippen molar-refractivity contribution >= 4 is 22.8 Å². The molecular formula is C18H20N6O2. The maximum Gasteiger partial charge on any atom is 0.254 e. The number of ether oxygens (including phenoxy) is 1. The monoisotopic (exact) mass is 352 g/mol. The van der Waals surface area contributed by atoms with Crippen LogP contribution in [0.25, 0.3) is 10.9 Å². The number of amides is 1. The zero-order valence-electron chi connectivity index (χ0n) is 14.8. The summed E-state index contributed by atoms with van der Waals surface area (Å²) in [4.78, 5) is 25.8. The normalized spacial score (nSPS) is 14.7. The predicted molar refractivity (Wildman–Crippen MR) is 97.5 cm³/mol. The van der Waals surface area contributed by atoms with Crippen LogP contribution in [0, 0.1) is 6.92 Å². The number of carbonyl (C=O) groups excluding carboxylic acids is 1. The van der Waals surface area contributed by atoms with Crippen molar-refractivity contribution in [2.45, 2.75) is 6.92 Å². The molecule has 0 radical (unpaired) electrons.